The van der Waals surface area contributed by atoms with Gasteiger partial charge in [0.05, 0.1) is 5.52 Å². The van der Waals surface area contributed by atoms with Crippen LogP contribution in [0.3, 0.4) is 0 Å². The highest BCUT2D eigenvalue weighted by Gasteiger charge is 2.37. The Morgan fingerprint density at radius 3 is 2.52 bits per heavy atom. The highest BCUT2D eigenvalue weighted by molar-refractivity contribution is 5.95. The Kier molecular flexibility index (Phi) is 4.08. The molecule has 23 heavy (non-hydrogen) atoms. The van der Waals surface area contributed by atoms with Crippen LogP contribution in [0.4, 0.5) is 18.9 Å². The Bertz CT molecular complexity index is 727. The Morgan fingerprint density at radius 1 is 1.17 bits per heavy atom. The lowest BCUT2D eigenvalue weighted by atomic mass is 9.87. The normalized spacial score (nSPS) is 16.8. The van der Waals surface area contributed by atoms with Crippen LogP contribution in [0.2, 0.25) is 0 Å². The summed E-state index contributed by atoms with van der Waals surface area (Å²) in [5.74, 6) is -0.299. The quantitative estimate of drug-likeness (QED) is 0.803. The summed E-state index contributed by atoms with van der Waals surface area (Å²) in [4.78, 5) is 12.6. The number of rotatable bonds is 2. The number of nitrogen functional groups attached to an aromatic ring is 1. The molecule has 1 aliphatic rings. The second-order valence-corrected chi connectivity index (χ2v) is 6.28. The zero-order valence-electron chi connectivity index (χ0n) is 12.7. The largest absolute Gasteiger partial charge is 0.431 e. The summed E-state index contributed by atoms with van der Waals surface area (Å²) in [6.45, 7) is 0. The van der Waals surface area contributed by atoms with Crippen LogP contribution in [0.25, 0.3) is 10.9 Å². The van der Waals surface area contributed by atoms with Crippen molar-refractivity contribution in [3.05, 3.63) is 30.0 Å². The number of benzene rings is 1. The molecule has 0 spiro atoms. The zero-order valence-corrected chi connectivity index (χ0v) is 12.7. The average Bonchev–Trinajstić information content (AvgIpc) is 2.87. The van der Waals surface area contributed by atoms with E-state index in [2.05, 4.69) is 0 Å². The third-order valence-electron chi connectivity index (χ3n) is 4.55. The average molecular weight is 324 g/mol. The van der Waals surface area contributed by atoms with Crippen molar-refractivity contribution in [3.8, 4) is 0 Å². The first-order chi connectivity index (χ1) is 10.9. The molecule has 0 atom stereocenters. The van der Waals surface area contributed by atoms with Gasteiger partial charge in [0.15, 0.2) is 0 Å². The van der Waals surface area contributed by atoms with Gasteiger partial charge >= 0.3 is 6.18 Å². The first-order valence-corrected chi connectivity index (χ1v) is 7.87. The van der Waals surface area contributed by atoms with Crippen molar-refractivity contribution in [2.75, 3.05) is 5.73 Å². The van der Waals surface area contributed by atoms with E-state index in [1.807, 2.05) is 0 Å². The highest BCUT2D eigenvalue weighted by atomic mass is 19.4. The summed E-state index contributed by atoms with van der Waals surface area (Å²) in [5.41, 5.74) is 5.37. The predicted molar refractivity (Wildman–Crippen MR) is 83.2 cm³/mol. The molecule has 3 nitrogen and oxygen atoms in total. The van der Waals surface area contributed by atoms with Crippen molar-refractivity contribution in [1.82, 2.24) is 4.57 Å². The number of hydrogen-bond acceptors (Lipinski definition) is 2. The van der Waals surface area contributed by atoms with Gasteiger partial charge in [0.2, 0.25) is 5.91 Å². The molecule has 0 bridgehead atoms. The summed E-state index contributed by atoms with van der Waals surface area (Å²) >= 11 is 0. The Morgan fingerprint density at radius 2 is 1.87 bits per heavy atom. The van der Waals surface area contributed by atoms with Crippen molar-refractivity contribution in [2.45, 2.75) is 44.7 Å². The van der Waals surface area contributed by atoms with Gasteiger partial charge in [-0.3, -0.25) is 9.36 Å². The second-order valence-electron chi connectivity index (χ2n) is 6.28. The van der Waals surface area contributed by atoms with Gasteiger partial charge in [0, 0.05) is 17.5 Å². The Balaban J connectivity index is 2.01. The van der Waals surface area contributed by atoms with Crippen LogP contribution in [-0.4, -0.2) is 10.5 Å². The topological polar surface area (TPSA) is 48.0 Å². The molecular weight excluding hydrogens is 305 g/mol. The first-order valence-electron chi connectivity index (χ1n) is 7.87. The fraction of sp³-hybridized carbons (Fsp3) is 0.471. The van der Waals surface area contributed by atoms with E-state index < -0.39 is 17.8 Å². The van der Waals surface area contributed by atoms with Crippen LogP contribution in [0.5, 0.6) is 0 Å². The molecule has 0 saturated heterocycles. The molecule has 1 aromatic carbocycles. The molecule has 3 rings (SSSR count). The lowest BCUT2D eigenvalue weighted by Crippen LogP contribution is -2.22. The van der Waals surface area contributed by atoms with Crippen LogP contribution in [0.1, 0.15) is 49.0 Å². The molecule has 2 aromatic rings. The van der Waals surface area contributed by atoms with Gasteiger partial charge < -0.3 is 5.73 Å². The number of alkyl halides is 3. The lowest BCUT2D eigenvalue weighted by molar-refractivity contribution is -0.142. The monoisotopic (exact) mass is 324 g/mol. The van der Waals surface area contributed by atoms with Gasteiger partial charge in [-0.05, 0) is 43.0 Å². The number of carbonyl (C=O) groups is 1. The van der Waals surface area contributed by atoms with Crippen molar-refractivity contribution in [3.63, 3.8) is 0 Å². The van der Waals surface area contributed by atoms with Crippen LogP contribution < -0.4 is 5.73 Å². The fourth-order valence-corrected chi connectivity index (χ4v) is 3.44. The molecule has 1 saturated carbocycles. The molecule has 0 aliphatic heterocycles. The predicted octanol–water partition coefficient (Wildman–Crippen LogP) is 4.85. The molecule has 0 unspecified atom stereocenters. The smallest absolute Gasteiger partial charge is 0.399 e. The van der Waals surface area contributed by atoms with E-state index in [9.17, 15) is 18.0 Å². The van der Waals surface area contributed by atoms with Gasteiger partial charge in [0.1, 0.15) is 5.69 Å². The molecule has 0 radical (unpaired) electrons. The third kappa shape index (κ3) is 3.21. The first kappa shape index (κ1) is 15.9. The highest BCUT2D eigenvalue weighted by Crippen LogP contribution is 2.36. The maximum Gasteiger partial charge on any atom is 0.431 e. The van der Waals surface area contributed by atoms with Crippen LogP contribution in [0.15, 0.2) is 24.3 Å². The van der Waals surface area contributed by atoms with Crippen molar-refractivity contribution >= 4 is 22.5 Å². The molecule has 124 valence electrons. The lowest BCUT2D eigenvalue weighted by Gasteiger charge is -2.21. The van der Waals surface area contributed by atoms with Crippen LogP contribution >= 0.6 is 0 Å². The van der Waals surface area contributed by atoms with E-state index in [-0.39, 0.29) is 17.9 Å². The van der Waals surface area contributed by atoms with Gasteiger partial charge in [-0.15, -0.1) is 0 Å². The third-order valence-corrected chi connectivity index (χ3v) is 4.55. The zero-order chi connectivity index (χ0) is 16.6. The van der Waals surface area contributed by atoms with Gasteiger partial charge in [-0.1, -0.05) is 19.3 Å². The van der Waals surface area contributed by atoms with E-state index in [4.69, 9.17) is 5.73 Å². The minimum Gasteiger partial charge on any atom is -0.399 e. The number of halogens is 3. The molecule has 1 fully saturated rings. The number of aromatic nitrogens is 1. The van der Waals surface area contributed by atoms with E-state index in [0.29, 0.717) is 11.1 Å². The standard InChI is InChI=1S/C17H19F3N2O/c18-17(19,20)15-10-12-9-13(21)6-7-14(12)22(15)16(23)8-11-4-2-1-3-5-11/h6-7,9-11H,1-5,8,21H2. The van der Waals surface area contributed by atoms with E-state index >= 15 is 0 Å². The maximum absolute atomic E-state index is 13.3. The van der Waals surface area contributed by atoms with Gasteiger partial charge in [-0.2, -0.15) is 13.2 Å². The summed E-state index contributed by atoms with van der Waals surface area (Å²) in [5, 5.41) is 0.342. The number of carbonyl (C=O) groups excluding carboxylic acids is 1. The molecular formula is C17H19F3N2O. The van der Waals surface area contributed by atoms with Crippen molar-refractivity contribution in [1.29, 1.82) is 0 Å². The minimum atomic E-state index is -4.57. The number of nitrogens with two attached hydrogens (primary N) is 1. The number of fused-ring (bicyclic) bond motifs is 1. The number of anilines is 1. The number of hydrogen-bond donors (Lipinski definition) is 1. The number of nitrogens with zero attached hydrogens (tertiary/aromatic N) is 1. The molecule has 2 N–H and O–H groups in total. The molecule has 1 heterocycles. The molecule has 0 amide bonds. The SMILES string of the molecule is Nc1ccc2c(c1)cc(C(F)(F)F)n2C(=O)CC1CCCCC1. The second kappa shape index (κ2) is 5.91. The van der Waals surface area contributed by atoms with E-state index in [0.717, 1.165) is 42.7 Å². The van der Waals surface area contributed by atoms with Gasteiger partial charge in [-0.25, -0.2) is 0 Å². The van der Waals surface area contributed by atoms with Crippen molar-refractivity contribution < 1.29 is 18.0 Å². The minimum absolute atomic E-state index is 0.164. The Labute approximate surface area is 132 Å². The van der Waals surface area contributed by atoms with Crippen molar-refractivity contribution in [2.24, 2.45) is 5.92 Å². The van der Waals surface area contributed by atoms with Gasteiger partial charge in [0.25, 0.3) is 0 Å². The molecule has 1 aliphatic carbocycles. The van der Waals surface area contributed by atoms with E-state index in [1.165, 1.54) is 18.2 Å². The summed E-state index contributed by atoms with van der Waals surface area (Å²) in [7, 11) is 0. The van der Waals surface area contributed by atoms with E-state index in [1.54, 1.807) is 0 Å². The van der Waals surface area contributed by atoms with Crippen LogP contribution in [0, 0.1) is 5.92 Å². The maximum atomic E-state index is 13.3. The Hall–Kier alpha value is -1.98. The molecule has 1 aromatic heterocycles. The molecule has 6 heteroatoms. The fourth-order valence-electron chi connectivity index (χ4n) is 3.44. The summed E-state index contributed by atoms with van der Waals surface area (Å²) in [6, 6.07) is 5.48. The summed E-state index contributed by atoms with van der Waals surface area (Å²) < 4.78 is 40.8. The summed E-state index contributed by atoms with van der Waals surface area (Å²) in [6.07, 6.45) is 0.663. The van der Waals surface area contributed by atoms with Crippen LogP contribution in [-0.2, 0) is 6.18 Å².